The van der Waals surface area contributed by atoms with Crippen molar-refractivity contribution < 1.29 is 24.6 Å². The van der Waals surface area contributed by atoms with Gasteiger partial charge in [0.15, 0.2) is 0 Å². The highest BCUT2D eigenvalue weighted by Gasteiger charge is 2.23. The zero-order valence-electron chi connectivity index (χ0n) is 10.2. The van der Waals surface area contributed by atoms with Crippen LogP contribution < -0.4 is 5.32 Å². The molecular weight excluding hydrogens is 238 g/mol. The van der Waals surface area contributed by atoms with Crippen molar-refractivity contribution in [2.75, 3.05) is 0 Å². The molecule has 1 fully saturated rings. The van der Waals surface area contributed by atoms with E-state index in [1.807, 2.05) is 0 Å². The summed E-state index contributed by atoms with van der Waals surface area (Å²) in [5, 5.41) is 19.6. The van der Waals surface area contributed by atoms with E-state index in [4.69, 9.17) is 10.2 Å². The minimum atomic E-state index is -1.33. The van der Waals surface area contributed by atoms with E-state index in [0.29, 0.717) is 5.92 Å². The minimum Gasteiger partial charge on any atom is -0.481 e. The number of nitrogens with one attached hydrogen (secondary N) is 1. The maximum absolute atomic E-state index is 11.5. The molecule has 6 nitrogen and oxygen atoms in total. The summed E-state index contributed by atoms with van der Waals surface area (Å²) in [6.45, 7) is 0. The molecule has 18 heavy (non-hydrogen) atoms. The Morgan fingerprint density at radius 2 is 1.78 bits per heavy atom. The van der Waals surface area contributed by atoms with Crippen LogP contribution in [0.15, 0.2) is 0 Å². The lowest BCUT2D eigenvalue weighted by atomic mass is 10.0. The van der Waals surface area contributed by atoms with Crippen LogP contribution in [0.2, 0.25) is 0 Å². The molecule has 6 heteroatoms. The van der Waals surface area contributed by atoms with E-state index in [2.05, 4.69) is 5.32 Å². The van der Waals surface area contributed by atoms with E-state index in [-0.39, 0.29) is 12.3 Å². The molecule has 0 aromatic carbocycles. The van der Waals surface area contributed by atoms with Crippen LogP contribution in [0, 0.1) is 5.92 Å². The van der Waals surface area contributed by atoms with Gasteiger partial charge in [0.1, 0.15) is 6.04 Å². The van der Waals surface area contributed by atoms with Gasteiger partial charge in [-0.1, -0.05) is 25.7 Å². The Kier molecular flexibility index (Phi) is 5.61. The summed E-state index contributed by atoms with van der Waals surface area (Å²) in [4.78, 5) is 32.7. The predicted molar refractivity (Wildman–Crippen MR) is 63.0 cm³/mol. The van der Waals surface area contributed by atoms with E-state index < -0.39 is 24.4 Å². The van der Waals surface area contributed by atoms with Crippen LogP contribution in [0.1, 0.15) is 44.9 Å². The first-order valence-corrected chi connectivity index (χ1v) is 6.23. The Hall–Kier alpha value is -1.59. The fourth-order valence-corrected chi connectivity index (χ4v) is 2.28. The van der Waals surface area contributed by atoms with Crippen molar-refractivity contribution >= 4 is 17.8 Å². The number of carboxylic acids is 2. The molecular formula is C12H19NO5. The molecule has 0 saturated heterocycles. The topological polar surface area (TPSA) is 104 Å². The van der Waals surface area contributed by atoms with Gasteiger partial charge in [-0.3, -0.25) is 9.59 Å². The summed E-state index contributed by atoms with van der Waals surface area (Å²) in [7, 11) is 0. The van der Waals surface area contributed by atoms with Crippen molar-refractivity contribution in [3.05, 3.63) is 0 Å². The molecule has 1 aliphatic rings. The monoisotopic (exact) mass is 257 g/mol. The summed E-state index contributed by atoms with van der Waals surface area (Å²) in [6, 6.07) is -1.33. The maximum Gasteiger partial charge on any atom is 0.326 e. The third kappa shape index (κ3) is 5.16. The molecule has 1 saturated carbocycles. The number of rotatable bonds is 7. The summed E-state index contributed by atoms with van der Waals surface area (Å²) in [6.07, 6.45) is 5.09. The molecule has 0 heterocycles. The number of hydrogen-bond acceptors (Lipinski definition) is 3. The second kappa shape index (κ2) is 6.98. The Bertz CT molecular complexity index is 322. The van der Waals surface area contributed by atoms with E-state index in [1.165, 1.54) is 12.8 Å². The number of amides is 1. The van der Waals surface area contributed by atoms with Gasteiger partial charge >= 0.3 is 11.9 Å². The Morgan fingerprint density at radius 1 is 1.17 bits per heavy atom. The largest absolute Gasteiger partial charge is 0.481 e. The lowest BCUT2D eigenvalue weighted by Gasteiger charge is -2.13. The second-order valence-corrected chi connectivity index (χ2v) is 4.75. The van der Waals surface area contributed by atoms with Crippen molar-refractivity contribution in [2.45, 2.75) is 51.0 Å². The molecule has 0 aromatic rings. The van der Waals surface area contributed by atoms with Gasteiger partial charge in [0, 0.05) is 6.42 Å². The van der Waals surface area contributed by atoms with Crippen LogP contribution in [-0.4, -0.2) is 34.1 Å². The quantitative estimate of drug-likeness (QED) is 0.631. The summed E-state index contributed by atoms with van der Waals surface area (Å²) < 4.78 is 0. The van der Waals surface area contributed by atoms with Crippen molar-refractivity contribution in [3.8, 4) is 0 Å². The van der Waals surface area contributed by atoms with Crippen LogP contribution in [0.25, 0.3) is 0 Å². The summed E-state index contributed by atoms with van der Waals surface area (Å²) in [5.41, 5.74) is 0. The number of carboxylic acid groups (broad SMARTS) is 2. The molecule has 1 amide bonds. The van der Waals surface area contributed by atoms with Gasteiger partial charge in [0.25, 0.3) is 0 Å². The van der Waals surface area contributed by atoms with E-state index in [9.17, 15) is 14.4 Å². The molecule has 0 aromatic heterocycles. The molecule has 1 rings (SSSR count). The second-order valence-electron chi connectivity index (χ2n) is 4.75. The van der Waals surface area contributed by atoms with Gasteiger partial charge in [-0.05, 0) is 12.3 Å². The molecule has 0 spiro atoms. The van der Waals surface area contributed by atoms with Crippen molar-refractivity contribution in [2.24, 2.45) is 5.92 Å². The molecule has 3 N–H and O–H groups in total. The molecule has 0 aliphatic heterocycles. The fourth-order valence-electron chi connectivity index (χ4n) is 2.28. The first-order chi connectivity index (χ1) is 8.49. The van der Waals surface area contributed by atoms with Crippen LogP contribution in [0.4, 0.5) is 0 Å². The number of hydrogen-bond donors (Lipinski definition) is 3. The Labute approximate surface area is 105 Å². The van der Waals surface area contributed by atoms with Gasteiger partial charge in [0.05, 0.1) is 6.42 Å². The first kappa shape index (κ1) is 14.5. The molecule has 1 aliphatic carbocycles. The highest BCUT2D eigenvalue weighted by atomic mass is 16.4. The van der Waals surface area contributed by atoms with E-state index in [1.54, 1.807) is 0 Å². The van der Waals surface area contributed by atoms with Gasteiger partial charge in [0.2, 0.25) is 5.91 Å². The van der Waals surface area contributed by atoms with Gasteiger partial charge in [-0.15, -0.1) is 0 Å². The predicted octanol–water partition coefficient (Wildman–Crippen LogP) is 1.00. The van der Waals surface area contributed by atoms with E-state index in [0.717, 1.165) is 19.3 Å². The van der Waals surface area contributed by atoms with Gasteiger partial charge < -0.3 is 15.5 Å². The summed E-state index contributed by atoms with van der Waals surface area (Å²) >= 11 is 0. The number of carbonyl (C=O) groups is 3. The normalized spacial score (nSPS) is 17.3. The average molecular weight is 257 g/mol. The van der Waals surface area contributed by atoms with Crippen LogP contribution in [0.5, 0.6) is 0 Å². The minimum absolute atomic E-state index is 0.272. The molecule has 0 unspecified atom stereocenters. The SMILES string of the molecule is O=C(O)C[C@@H](NC(=O)CCC1CCCC1)C(=O)O. The van der Waals surface area contributed by atoms with Gasteiger partial charge in [-0.25, -0.2) is 4.79 Å². The Morgan fingerprint density at radius 3 is 2.28 bits per heavy atom. The number of aliphatic carboxylic acids is 2. The molecule has 0 radical (unpaired) electrons. The average Bonchev–Trinajstić information content (AvgIpc) is 2.77. The fraction of sp³-hybridized carbons (Fsp3) is 0.750. The van der Waals surface area contributed by atoms with Gasteiger partial charge in [-0.2, -0.15) is 0 Å². The maximum atomic E-state index is 11.5. The highest BCUT2D eigenvalue weighted by Crippen LogP contribution is 2.28. The van der Waals surface area contributed by atoms with E-state index >= 15 is 0 Å². The summed E-state index contributed by atoms with van der Waals surface area (Å²) in [5.74, 6) is -2.38. The van der Waals surface area contributed by atoms with Crippen molar-refractivity contribution in [3.63, 3.8) is 0 Å². The molecule has 0 bridgehead atoms. The lowest BCUT2D eigenvalue weighted by Crippen LogP contribution is -2.42. The zero-order chi connectivity index (χ0) is 13.5. The standard InChI is InChI=1S/C12H19NO5/c14-10(6-5-8-3-1-2-4-8)13-9(12(17)18)7-11(15)16/h8-9H,1-7H2,(H,13,14)(H,15,16)(H,17,18)/t9-/m1/s1. The third-order valence-corrected chi connectivity index (χ3v) is 3.27. The van der Waals surface area contributed by atoms with Crippen molar-refractivity contribution in [1.29, 1.82) is 0 Å². The Balaban J connectivity index is 2.31. The highest BCUT2D eigenvalue weighted by molar-refractivity contribution is 5.86. The van der Waals surface area contributed by atoms with Crippen LogP contribution >= 0.6 is 0 Å². The van der Waals surface area contributed by atoms with Crippen molar-refractivity contribution in [1.82, 2.24) is 5.32 Å². The van der Waals surface area contributed by atoms with Crippen LogP contribution in [-0.2, 0) is 14.4 Å². The zero-order valence-corrected chi connectivity index (χ0v) is 10.2. The molecule has 1 atom stereocenters. The first-order valence-electron chi connectivity index (χ1n) is 6.23. The smallest absolute Gasteiger partial charge is 0.326 e. The third-order valence-electron chi connectivity index (χ3n) is 3.27. The number of carbonyl (C=O) groups excluding carboxylic acids is 1. The van der Waals surface area contributed by atoms with Crippen LogP contribution in [0.3, 0.4) is 0 Å². The molecule has 102 valence electrons. The lowest BCUT2D eigenvalue weighted by molar-refractivity contribution is -0.147.